The molecule has 4 rings (SSSR count). The number of hydrogen-bond donors (Lipinski definition) is 3. The maximum Gasteiger partial charge on any atom is 0.229 e. The summed E-state index contributed by atoms with van der Waals surface area (Å²) in [5, 5.41) is 13.9. The van der Waals surface area contributed by atoms with E-state index in [1.807, 2.05) is 13.0 Å². The van der Waals surface area contributed by atoms with Crippen molar-refractivity contribution >= 4 is 34.9 Å². The Kier molecular flexibility index (Phi) is 5.45. The van der Waals surface area contributed by atoms with Crippen LogP contribution in [-0.4, -0.2) is 44.7 Å². The van der Waals surface area contributed by atoms with Crippen molar-refractivity contribution in [3.8, 4) is 0 Å². The number of nitrogens with one attached hydrogen (secondary N) is 3. The van der Waals surface area contributed by atoms with Crippen LogP contribution in [0.3, 0.4) is 0 Å². The SMILES string of the molecule is CCN1CCc2ccc(Nc3ncc(Cl)c(Nc4cc(C)[nH]n4)n3)cc2CC1. The van der Waals surface area contributed by atoms with Crippen LogP contribution in [0.15, 0.2) is 30.5 Å². The van der Waals surface area contributed by atoms with Gasteiger partial charge in [0.15, 0.2) is 11.6 Å². The van der Waals surface area contributed by atoms with Crippen LogP contribution in [0, 0.1) is 6.92 Å². The molecule has 146 valence electrons. The fourth-order valence-corrected chi connectivity index (χ4v) is 3.55. The fraction of sp³-hybridized carbons (Fsp3) is 0.350. The predicted octanol–water partition coefficient (Wildman–Crippen LogP) is 4.07. The molecule has 3 aromatic rings. The zero-order valence-corrected chi connectivity index (χ0v) is 16.8. The molecule has 0 radical (unpaired) electrons. The summed E-state index contributed by atoms with van der Waals surface area (Å²) in [7, 11) is 0. The molecule has 1 aromatic carbocycles. The van der Waals surface area contributed by atoms with Crippen molar-refractivity contribution in [1.82, 2.24) is 25.1 Å². The fourth-order valence-electron chi connectivity index (χ4n) is 3.41. The van der Waals surface area contributed by atoms with Crippen molar-refractivity contribution < 1.29 is 0 Å². The van der Waals surface area contributed by atoms with Gasteiger partial charge in [0.25, 0.3) is 0 Å². The number of rotatable bonds is 5. The van der Waals surface area contributed by atoms with Crippen molar-refractivity contribution in [2.45, 2.75) is 26.7 Å². The van der Waals surface area contributed by atoms with Crippen LogP contribution in [-0.2, 0) is 12.8 Å². The predicted molar refractivity (Wildman–Crippen MR) is 113 cm³/mol. The average molecular weight is 398 g/mol. The molecule has 3 N–H and O–H groups in total. The lowest BCUT2D eigenvalue weighted by molar-refractivity contribution is 0.303. The van der Waals surface area contributed by atoms with Crippen molar-refractivity contribution in [3.63, 3.8) is 0 Å². The first kappa shape index (κ1) is 18.7. The number of fused-ring (bicyclic) bond motifs is 1. The van der Waals surface area contributed by atoms with Gasteiger partial charge in [0, 0.05) is 30.5 Å². The molecule has 0 saturated carbocycles. The molecule has 2 aromatic heterocycles. The number of anilines is 4. The third kappa shape index (κ3) is 4.26. The molecule has 0 fully saturated rings. The number of aryl methyl sites for hydroxylation is 1. The number of aromatic amines is 1. The van der Waals surface area contributed by atoms with Gasteiger partial charge in [-0.1, -0.05) is 24.6 Å². The maximum absolute atomic E-state index is 6.24. The van der Waals surface area contributed by atoms with Crippen LogP contribution < -0.4 is 10.6 Å². The normalized spacial score (nSPS) is 14.4. The first-order valence-corrected chi connectivity index (χ1v) is 9.91. The van der Waals surface area contributed by atoms with Crippen LogP contribution in [0.2, 0.25) is 5.02 Å². The molecule has 0 atom stereocenters. The second-order valence-electron chi connectivity index (χ2n) is 6.99. The first-order valence-electron chi connectivity index (χ1n) is 9.53. The second-order valence-corrected chi connectivity index (χ2v) is 7.40. The molecule has 0 unspecified atom stereocenters. The summed E-state index contributed by atoms with van der Waals surface area (Å²) >= 11 is 6.24. The number of halogens is 1. The van der Waals surface area contributed by atoms with Gasteiger partial charge in [-0.2, -0.15) is 10.1 Å². The van der Waals surface area contributed by atoms with Gasteiger partial charge in [-0.05, 0) is 49.6 Å². The molecule has 7 nitrogen and oxygen atoms in total. The second kappa shape index (κ2) is 8.16. The Hall–Kier alpha value is -2.64. The number of likely N-dealkylation sites (N-methyl/N-ethyl adjacent to an activating group) is 1. The number of H-pyrrole nitrogens is 1. The third-order valence-corrected chi connectivity index (χ3v) is 5.28. The Bertz CT molecular complexity index is 969. The van der Waals surface area contributed by atoms with Gasteiger partial charge in [0.1, 0.15) is 5.02 Å². The van der Waals surface area contributed by atoms with Crippen LogP contribution in [0.4, 0.5) is 23.3 Å². The smallest absolute Gasteiger partial charge is 0.229 e. The van der Waals surface area contributed by atoms with Crippen LogP contribution in [0.5, 0.6) is 0 Å². The largest absolute Gasteiger partial charge is 0.324 e. The summed E-state index contributed by atoms with van der Waals surface area (Å²) in [5.41, 5.74) is 4.75. The van der Waals surface area contributed by atoms with E-state index in [-0.39, 0.29) is 0 Å². The highest BCUT2D eigenvalue weighted by atomic mass is 35.5. The molecular formula is C20H24ClN7. The number of hydrogen-bond acceptors (Lipinski definition) is 6. The molecule has 8 heteroatoms. The van der Waals surface area contributed by atoms with Gasteiger partial charge in [-0.25, -0.2) is 4.98 Å². The van der Waals surface area contributed by atoms with E-state index < -0.39 is 0 Å². The van der Waals surface area contributed by atoms with Gasteiger partial charge in [-0.3, -0.25) is 5.10 Å². The molecule has 0 amide bonds. The Morgan fingerprint density at radius 3 is 2.71 bits per heavy atom. The number of nitrogens with zero attached hydrogens (tertiary/aromatic N) is 4. The van der Waals surface area contributed by atoms with Gasteiger partial charge < -0.3 is 15.5 Å². The van der Waals surface area contributed by atoms with Gasteiger partial charge in [0.2, 0.25) is 5.95 Å². The van der Waals surface area contributed by atoms with Crippen molar-refractivity contribution in [2.75, 3.05) is 30.3 Å². The lowest BCUT2D eigenvalue weighted by atomic mass is 10.0. The van der Waals surface area contributed by atoms with E-state index in [4.69, 9.17) is 11.6 Å². The number of benzene rings is 1. The monoisotopic (exact) mass is 397 g/mol. The summed E-state index contributed by atoms with van der Waals surface area (Å²) in [4.78, 5) is 11.3. The zero-order chi connectivity index (χ0) is 19.5. The number of aromatic nitrogens is 4. The van der Waals surface area contributed by atoms with E-state index >= 15 is 0 Å². The van der Waals surface area contributed by atoms with Gasteiger partial charge >= 0.3 is 0 Å². The highest BCUT2D eigenvalue weighted by Crippen LogP contribution is 2.26. The summed E-state index contributed by atoms with van der Waals surface area (Å²) in [6.45, 7) is 7.48. The van der Waals surface area contributed by atoms with Gasteiger partial charge in [-0.15, -0.1) is 0 Å². The van der Waals surface area contributed by atoms with Crippen LogP contribution in [0.1, 0.15) is 23.7 Å². The summed E-state index contributed by atoms with van der Waals surface area (Å²) in [6, 6.07) is 8.38. The molecule has 0 spiro atoms. The lowest BCUT2D eigenvalue weighted by Gasteiger charge is -2.16. The van der Waals surface area contributed by atoms with Crippen LogP contribution >= 0.6 is 11.6 Å². The summed E-state index contributed by atoms with van der Waals surface area (Å²) < 4.78 is 0. The van der Waals surface area contributed by atoms with E-state index in [1.165, 1.54) is 11.1 Å². The Labute approximate surface area is 169 Å². The Morgan fingerprint density at radius 2 is 1.96 bits per heavy atom. The van der Waals surface area contributed by atoms with Crippen molar-refractivity contribution in [2.24, 2.45) is 0 Å². The molecule has 0 bridgehead atoms. The minimum absolute atomic E-state index is 0.438. The Morgan fingerprint density at radius 1 is 1.14 bits per heavy atom. The lowest BCUT2D eigenvalue weighted by Crippen LogP contribution is -2.25. The molecule has 0 saturated heterocycles. The molecule has 1 aliphatic rings. The van der Waals surface area contributed by atoms with Gasteiger partial charge in [0.05, 0.1) is 6.20 Å². The summed E-state index contributed by atoms with van der Waals surface area (Å²) in [5.74, 6) is 1.66. The van der Waals surface area contributed by atoms with E-state index in [0.717, 1.165) is 43.9 Å². The minimum atomic E-state index is 0.438. The van der Waals surface area contributed by atoms with E-state index in [1.54, 1.807) is 6.20 Å². The highest BCUT2D eigenvalue weighted by Gasteiger charge is 2.14. The average Bonchev–Trinajstić information content (AvgIpc) is 2.98. The van der Waals surface area contributed by atoms with Crippen LogP contribution in [0.25, 0.3) is 0 Å². The molecule has 3 heterocycles. The first-order chi connectivity index (χ1) is 13.6. The van der Waals surface area contributed by atoms with Crippen molar-refractivity contribution in [1.29, 1.82) is 0 Å². The van der Waals surface area contributed by atoms with Crippen molar-refractivity contribution in [3.05, 3.63) is 52.3 Å². The highest BCUT2D eigenvalue weighted by molar-refractivity contribution is 6.32. The zero-order valence-electron chi connectivity index (χ0n) is 16.1. The quantitative estimate of drug-likeness (QED) is 0.602. The molecule has 28 heavy (non-hydrogen) atoms. The maximum atomic E-state index is 6.24. The molecule has 1 aliphatic heterocycles. The minimum Gasteiger partial charge on any atom is -0.324 e. The van der Waals surface area contributed by atoms with E-state index in [2.05, 4.69) is 60.8 Å². The van der Waals surface area contributed by atoms with E-state index in [0.29, 0.717) is 22.6 Å². The topological polar surface area (TPSA) is 81.8 Å². The Balaban J connectivity index is 1.51. The molecular weight excluding hydrogens is 374 g/mol. The van der Waals surface area contributed by atoms with E-state index in [9.17, 15) is 0 Å². The third-order valence-electron chi connectivity index (χ3n) is 5.00. The standard InChI is InChI=1S/C20H24ClN7/c1-3-28-8-6-14-4-5-16(11-15(14)7-9-28)23-20-22-12-17(21)19(25-20)24-18-10-13(2)26-27-18/h4-5,10-12H,3,6-9H2,1-2H3,(H3,22,23,24,25,26,27). The molecule has 0 aliphatic carbocycles. The summed E-state index contributed by atoms with van der Waals surface area (Å²) in [6.07, 6.45) is 3.74.